The molecule has 176 valence electrons. The Labute approximate surface area is 199 Å². The molecule has 1 aromatic heterocycles. The van der Waals surface area contributed by atoms with E-state index in [-0.39, 0.29) is 48.0 Å². The standard InChI is InChI=1S/C24H22ClFN4O4/c25-17-9-15(26)10-27-21(17)20(12-2-1-3-12)29-22(32)13-4-5-16-14(8-13)11-30(24(16)34)18-6-7-19(31)28-23(18)33/h4-5,8-10,12,18,20H,1-3,6-7,11H2,(H,29,32)(H,28,31,33)/t18?,20-/m0/s1. The largest absolute Gasteiger partial charge is 0.343 e. The lowest BCUT2D eigenvalue weighted by Crippen LogP contribution is -2.52. The molecule has 0 radical (unpaired) electrons. The second-order valence-electron chi connectivity index (χ2n) is 8.93. The lowest BCUT2D eigenvalue weighted by Gasteiger charge is -2.34. The predicted molar refractivity (Wildman–Crippen MR) is 119 cm³/mol. The minimum absolute atomic E-state index is 0.151. The topological polar surface area (TPSA) is 108 Å². The molecule has 5 rings (SSSR count). The van der Waals surface area contributed by atoms with Crippen molar-refractivity contribution in [3.8, 4) is 0 Å². The minimum Gasteiger partial charge on any atom is -0.343 e. The van der Waals surface area contributed by atoms with Gasteiger partial charge in [-0.3, -0.25) is 29.5 Å². The lowest BCUT2D eigenvalue weighted by molar-refractivity contribution is -0.136. The first-order chi connectivity index (χ1) is 16.3. The van der Waals surface area contributed by atoms with Crippen molar-refractivity contribution in [2.24, 2.45) is 5.92 Å². The fourth-order valence-electron chi connectivity index (χ4n) is 4.78. The number of benzene rings is 1. The van der Waals surface area contributed by atoms with Gasteiger partial charge in [-0.05, 0) is 55.0 Å². The van der Waals surface area contributed by atoms with Crippen LogP contribution in [-0.2, 0) is 16.1 Å². The van der Waals surface area contributed by atoms with Crippen LogP contribution in [0.5, 0.6) is 0 Å². The molecular formula is C24H22ClFN4O4. The molecule has 1 unspecified atom stereocenters. The van der Waals surface area contributed by atoms with E-state index < -0.39 is 23.8 Å². The van der Waals surface area contributed by atoms with E-state index in [9.17, 15) is 23.6 Å². The molecule has 0 bridgehead atoms. The zero-order valence-corrected chi connectivity index (χ0v) is 18.9. The highest BCUT2D eigenvalue weighted by molar-refractivity contribution is 6.31. The van der Waals surface area contributed by atoms with E-state index in [1.165, 1.54) is 11.0 Å². The van der Waals surface area contributed by atoms with Crippen molar-refractivity contribution in [3.05, 3.63) is 63.7 Å². The Kier molecular flexibility index (Phi) is 5.81. The van der Waals surface area contributed by atoms with E-state index in [2.05, 4.69) is 15.6 Å². The summed E-state index contributed by atoms with van der Waals surface area (Å²) in [6.07, 6.45) is 4.37. The number of nitrogens with one attached hydrogen (secondary N) is 2. The van der Waals surface area contributed by atoms with Crippen LogP contribution >= 0.6 is 11.6 Å². The van der Waals surface area contributed by atoms with Crippen LogP contribution in [0.1, 0.15) is 70.1 Å². The lowest BCUT2D eigenvalue weighted by atomic mass is 9.78. The molecule has 2 N–H and O–H groups in total. The molecular weight excluding hydrogens is 463 g/mol. The number of piperidine rings is 1. The number of carbonyl (C=O) groups is 4. The maximum Gasteiger partial charge on any atom is 0.255 e. The van der Waals surface area contributed by atoms with Gasteiger partial charge < -0.3 is 10.2 Å². The van der Waals surface area contributed by atoms with Crippen LogP contribution in [0.25, 0.3) is 0 Å². The van der Waals surface area contributed by atoms with Crippen LogP contribution in [0, 0.1) is 11.7 Å². The van der Waals surface area contributed by atoms with E-state index in [1.54, 1.807) is 18.2 Å². The van der Waals surface area contributed by atoms with Crippen molar-refractivity contribution in [1.82, 2.24) is 20.5 Å². The number of halogens is 2. The highest BCUT2D eigenvalue weighted by Crippen LogP contribution is 2.39. The zero-order chi connectivity index (χ0) is 24.0. The Morgan fingerprint density at radius 2 is 2.00 bits per heavy atom. The van der Waals surface area contributed by atoms with Gasteiger partial charge in [-0.15, -0.1) is 0 Å². The number of imide groups is 1. The van der Waals surface area contributed by atoms with E-state index in [4.69, 9.17) is 11.6 Å². The number of fused-ring (bicyclic) bond motifs is 1. The Bertz CT molecular complexity index is 1220. The normalized spacial score (nSPS) is 21.1. The summed E-state index contributed by atoms with van der Waals surface area (Å²) in [5, 5.41) is 5.43. The van der Waals surface area contributed by atoms with Crippen molar-refractivity contribution in [3.63, 3.8) is 0 Å². The quantitative estimate of drug-likeness (QED) is 0.634. The van der Waals surface area contributed by atoms with Gasteiger partial charge in [-0.1, -0.05) is 18.0 Å². The number of nitrogens with zero attached hydrogens (tertiary/aromatic N) is 2. The van der Waals surface area contributed by atoms with Crippen LogP contribution in [0.3, 0.4) is 0 Å². The van der Waals surface area contributed by atoms with Gasteiger partial charge >= 0.3 is 0 Å². The summed E-state index contributed by atoms with van der Waals surface area (Å²) in [5.74, 6) is -1.88. The van der Waals surface area contributed by atoms with Gasteiger partial charge in [-0.2, -0.15) is 0 Å². The number of pyridine rings is 1. The third-order valence-electron chi connectivity index (χ3n) is 6.82. The summed E-state index contributed by atoms with van der Waals surface area (Å²) < 4.78 is 13.5. The van der Waals surface area contributed by atoms with Crippen molar-refractivity contribution in [2.75, 3.05) is 0 Å². The minimum atomic E-state index is -0.718. The van der Waals surface area contributed by atoms with Crippen LogP contribution in [0.15, 0.2) is 30.5 Å². The molecule has 1 aromatic carbocycles. The van der Waals surface area contributed by atoms with E-state index >= 15 is 0 Å². The van der Waals surface area contributed by atoms with Crippen LogP contribution < -0.4 is 10.6 Å². The Morgan fingerprint density at radius 1 is 1.21 bits per heavy atom. The number of rotatable bonds is 5. The molecule has 4 amide bonds. The molecule has 2 aromatic rings. The molecule has 1 saturated carbocycles. The Balaban J connectivity index is 1.35. The molecule has 2 atom stereocenters. The second-order valence-corrected chi connectivity index (χ2v) is 9.34. The molecule has 34 heavy (non-hydrogen) atoms. The smallest absolute Gasteiger partial charge is 0.255 e. The molecule has 2 fully saturated rings. The first-order valence-electron chi connectivity index (χ1n) is 11.2. The van der Waals surface area contributed by atoms with Crippen LogP contribution in [0.2, 0.25) is 5.02 Å². The van der Waals surface area contributed by atoms with Gasteiger partial charge in [0.25, 0.3) is 11.8 Å². The summed E-state index contributed by atoms with van der Waals surface area (Å²) in [6, 6.07) is 4.81. The summed E-state index contributed by atoms with van der Waals surface area (Å²) in [7, 11) is 0. The van der Waals surface area contributed by atoms with Gasteiger partial charge in [0, 0.05) is 24.1 Å². The van der Waals surface area contributed by atoms with Crippen LogP contribution in [-0.4, -0.2) is 39.6 Å². The molecule has 1 aliphatic carbocycles. The molecule has 10 heteroatoms. The molecule has 2 aliphatic heterocycles. The maximum atomic E-state index is 13.5. The van der Waals surface area contributed by atoms with Crippen molar-refractivity contribution in [2.45, 2.75) is 50.7 Å². The second kappa shape index (κ2) is 8.79. The van der Waals surface area contributed by atoms with Crippen molar-refractivity contribution >= 4 is 35.2 Å². The average molecular weight is 485 g/mol. The average Bonchev–Trinajstić information content (AvgIpc) is 3.08. The molecule has 0 spiro atoms. The highest BCUT2D eigenvalue weighted by atomic mass is 35.5. The molecule has 1 saturated heterocycles. The first-order valence-corrected chi connectivity index (χ1v) is 11.6. The first kappa shape index (κ1) is 22.5. The SMILES string of the molecule is O=C1CCC(N2Cc3cc(C(=O)N[C@H](c4ncc(F)cc4Cl)C4CCC4)ccc3C2=O)C(=O)N1. The van der Waals surface area contributed by atoms with Crippen molar-refractivity contribution in [1.29, 1.82) is 0 Å². The van der Waals surface area contributed by atoms with Gasteiger partial charge in [0.1, 0.15) is 11.9 Å². The van der Waals surface area contributed by atoms with Crippen LogP contribution in [0.4, 0.5) is 4.39 Å². The zero-order valence-electron chi connectivity index (χ0n) is 18.1. The van der Waals surface area contributed by atoms with Gasteiger partial charge in [-0.25, -0.2) is 4.39 Å². The van der Waals surface area contributed by atoms with Gasteiger partial charge in [0.15, 0.2) is 0 Å². The molecule has 8 nitrogen and oxygen atoms in total. The number of aromatic nitrogens is 1. The van der Waals surface area contributed by atoms with E-state index in [0.29, 0.717) is 22.4 Å². The maximum absolute atomic E-state index is 13.5. The molecule has 3 heterocycles. The van der Waals surface area contributed by atoms with E-state index in [0.717, 1.165) is 25.5 Å². The van der Waals surface area contributed by atoms with Gasteiger partial charge in [0.05, 0.1) is 23.0 Å². The third-order valence-corrected chi connectivity index (χ3v) is 7.13. The third kappa shape index (κ3) is 4.04. The fourth-order valence-corrected chi connectivity index (χ4v) is 5.05. The summed E-state index contributed by atoms with van der Waals surface area (Å²) in [4.78, 5) is 55.3. The summed E-state index contributed by atoms with van der Waals surface area (Å²) in [6.45, 7) is 0.180. The van der Waals surface area contributed by atoms with Gasteiger partial charge in [0.2, 0.25) is 11.8 Å². The highest BCUT2D eigenvalue weighted by Gasteiger charge is 2.39. The number of hydrogen-bond acceptors (Lipinski definition) is 5. The summed E-state index contributed by atoms with van der Waals surface area (Å²) >= 11 is 6.23. The predicted octanol–water partition coefficient (Wildman–Crippen LogP) is 2.91. The Hall–Kier alpha value is -3.33. The monoisotopic (exact) mass is 484 g/mol. The summed E-state index contributed by atoms with van der Waals surface area (Å²) in [5.41, 5.74) is 1.86. The fraction of sp³-hybridized carbons (Fsp3) is 0.375. The Morgan fingerprint density at radius 3 is 2.68 bits per heavy atom. The number of hydrogen-bond donors (Lipinski definition) is 2. The van der Waals surface area contributed by atoms with Crippen molar-refractivity contribution < 1.29 is 23.6 Å². The number of amides is 4. The number of carbonyl (C=O) groups excluding carboxylic acids is 4. The van der Waals surface area contributed by atoms with E-state index in [1.807, 2.05) is 0 Å². The molecule has 3 aliphatic rings.